The van der Waals surface area contributed by atoms with Gasteiger partial charge >= 0.3 is 0 Å². The fourth-order valence-corrected chi connectivity index (χ4v) is 2.79. The Labute approximate surface area is 145 Å². The van der Waals surface area contributed by atoms with Gasteiger partial charge in [-0.25, -0.2) is 4.39 Å². The second-order valence-electron chi connectivity index (χ2n) is 6.79. The van der Waals surface area contributed by atoms with Crippen molar-refractivity contribution >= 4 is 5.69 Å². The minimum Gasteiger partial charge on any atom is -0.383 e. The molecule has 3 heteroatoms. The summed E-state index contributed by atoms with van der Waals surface area (Å²) < 4.78 is 12.9. The van der Waals surface area contributed by atoms with E-state index >= 15 is 0 Å². The maximum absolute atomic E-state index is 12.9. The lowest BCUT2D eigenvalue weighted by atomic mass is 10.1. The molecule has 2 aromatic rings. The number of nitrogens with one attached hydrogen (secondary N) is 2. The van der Waals surface area contributed by atoms with Gasteiger partial charge in [0.2, 0.25) is 0 Å². The van der Waals surface area contributed by atoms with Gasteiger partial charge in [-0.3, -0.25) is 0 Å². The van der Waals surface area contributed by atoms with Crippen molar-refractivity contribution < 1.29 is 4.39 Å². The topological polar surface area (TPSA) is 24.1 Å². The van der Waals surface area contributed by atoms with E-state index in [1.54, 1.807) is 0 Å². The molecular weight excluding hydrogens is 299 g/mol. The molecule has 0 aromatic heterocycles. The van der Waals surface area contributed by atoms with Gasteiger partial charge in [0.1, 0.15) is 5.82 Å². The van der Waals surface area contributed by atoms with Crippen molar-refractivity contribution in [3.8, 4) is 0 Å². The molecule has 0 saturated heterocycles. The van der Waals surface area contributed by atoms with E-state index < -0.39 is 0 Å². The Morgan fingerprint density at radius 2 is 1.50 bits per heavy atom. The van der Waals surface area contributed by atoms with Gasteiger partial charge in [-0.2, -0.15) is 0 Å². The molecule has 0 aliphatic heterocycles. The van der Waals surface area contributed by atoms with Crippen molar-refractivity contribution in [2.24, 2.45) is 0 Å². The van der Waals surface area contributed by atoms with E-state index in [1.165, 1.54) is 28.9 Å². The molecular formula is C21H29FN2. The largest absolute Gasteiger partial charge is 0.383 e. The molecule has 1 atom stereocenters. The lowest BCUT2D eigenvalue weighted by molar-refractivity contribution is 0.533. The Balaban J connectivity index is 1.65. The molecule has 0 fully saturated rings. The smallest absolute Gasteiger partial charge is 0.123 e. The van der Waals surface area contributed by atoms with Crippen molar-refractivity contribution in [1.29, 1.82) is 0 Å². The predicted octanol–water partition coefficient (Wildman–Crippen LogP) is 4.80. The molecule has 0 heterocycles. The fourth-order valence-electron chi connectivity index (χ4n) is 2.79. The van der Waals surface area contributed by atoms with Crippen molar-refractivity contribution in [3.05, 3.63) is 65.5 Å². The van der Waals surface area contributed by atoms with Crippen LogP contribution in [0.15, 0.2) is 48.5 Å². The molecule has 0 bridgehead atoms. The number of hydrogen-bond acceptors (Lipinski definition) is 2. The van der Waals surface area contributed by atoms with Gasteiger partial charge in [-0.05, 0) is 82.0 Å². The van der Waals surface area contributed by atoms with E-state index in [0.29, 0.717) is 12.1 Å². The Bertz CT molecular complexity index is 590. The first-order valence-corrected chi connectivity index (χ1v) is 8.86. The highest BCUT2D eigenvalue weighted by Gasteiger charge is 2.03. The fraction of sp³-hybridized carbons (Fsp3) is 0.429. The number of aryl methyl sites for hydroxylation is 1. The SMILES string of the molecule is CC(C)Nc1ccc(CCCNC(C)Cc2ccc(F)cc2)cc1. The molecule has 130 valence electrons. The molecule has 1 unspecified atom stereocenters. The Morgan fingerprint density at radius 3 is 2.12 bits per heavy atom. The number of halogens is 1. The molecule has 2 aromatic carbocycles. The minimum atomic E-state index is -0.172. The zero-order valence-electron chi connectivity index (χ0n) is 15.0. The number of benzene rings is 2. The zero-order chi connectivity index (χ0) is 17.4. The van der Waals surface area contributed by atoms with Crippen LogP contribution in [-0.4, -0.2) is 18.6 Å². The van der Waals surface area contributed by atoms with E-state index in [-0.39, 0.29) is 5.82 Å². The van der Waals surface area contributed by atoms with Gasteiger partial charge in [-0.15, -0.1) is 0 Å². The van der Waals surface area contributed by atoms with Gasteiger partial charge in [0, 0.05) is 17.8 Å². The standard InChI is InChI=1S/C21H29FN2/c1-16(2)24-21-12-8-18(9-13-21)5-4-14-23-17(3)15-19-6-10-20(22)11-7-19/h6-13,16-17,23-24H,4-5,14-15H2,1-3H3. The average Bonchev–Trinajstić information content (AvgIpc) is 2.55. The van der Waals surface area contributed by atoms with E-state index in [2.05, 4.69) is 55.7 Å². The summed E-state index contributed by atoms with van der Waals surface area (Å²) in [6.45, 7) is 7.46. The second kappa shape index (κ2) is 9.43. The molecule has 2 nitrogen and oxygen atoms in total. The third kappa shape index (κ3) is 6.71. The number of anilines is 1. The first-order valence-electron chi connectivity index (χ1n) is 8.86. The van der Waals surface area contributed by atoms with Crippen LogP contribution in [0.3, 0.4) is 0 Å². The molecule has 0 aliphatic rings. The van der Waals surface area contributed by atoms with Gasteiger partial charge < -0.3 is 10.6 Å². The van der Waals surface area contributed by atoms with Crippen LogP contribution in [0.5, 0.6) is 0 Å². The lowest BCUT2D eigenvalue weighted by Gasteiger charge is -2.14. The van der Waals surface area contributed by atoms with E-state index in [9.17, 15) is 4.39 Å². The molecule has 0 spiro atoms. The Morgan fingerprint density at radius 1 is 0.875 bits per heavy atom. The van der Waals surface area contributed by atoms with Gasteiger partial charge in [0.25, 0.3) is 0 Å². The highest BCUT2D eigenvalue weighted by atomic mass is 19.1. The Hall–Kier alpha value is -1.87. The summed E-state index contributed by atoms with van der Waals surface area (Å²) in [6, 6.07) is 16.3. The number of hydrogen-bond donors (Lipinski definition) is 2. The third-order valence-corrected chi connectivity index (χ3v) is 4.00. The molecule has 0 aliphatic carbocycles. The van der Waals surface area contributed by atoms with Crippen LogP contribution in [-0.2, 0) is 12.8 Å². The summed E-state index contributed by atoms with van der Waals surface area (Å²) in [5.41, 5.74) is 3.72. The summed E-state index contributed by atoms with van der Waals surface area (Å²) in [7, 11) is 0. The summed E-state index contributed by atoms with van der Waals surface area (Å²) >= 11 is 0. The molecule has 24 heavy (non-hydrogen) atoms. The van der Waals surface area contributed by atoms with Crippen LogP contribution in [0.25, 0.3) is 0 Å². The predicted molar refractivity (Wildman–Crippen MR) is 101 cm³/mol. The van der Waals surface area contributed by atoms with Crippen molar-refractivity contribution in [2.75, 3.05) is 11.9 Å². The van der Waals surface area contributed by atoms with Crippen molar-refractivity contribution in [1.82, 2.24) is 5.32 Å². The van der Waals surface area contributed by atoms with E-state index in [0.717, 1.165) is 25.8 Å². The highest BCUT2D eigenvalue weighted by molar-refractivity contribution is 5.45. The maximum atomic E-state index is 12.9. The molecule has 0 saturated carbocycles. The number of rotatable bonds is 9. The maximum Gasteiger partial charge on any atom is 0.123 e. The first kappa shape index (κ1) is 18.5. The van der Waals surface area contributed by atoms with E-state index in [1.807, 2.05) is 12.1 Å². The molecule has 0 radical (unpaired) electrons. The van der Waals surface area contributed by atoms with Crippen molar-refractivity contribution in [3.63, 3.8) is 0 Å². The summed E-state index contributed by atoms with van der Waals surface area (Å²) in [5.74, 6) is -0.172. The molecule has 0 amide bonds. The van der Waals surface area contributed by atoms with Crippen LogP contribution in [0.1, 0.15) is 38.3 Å². The van der Waals surface area contributed by atoms with Crippen molar-refractivity contribution in [2.45, 2.75) is 52.1 Å². The quantitative estimate of drug-likeness (QED) is 0.646. The minimum absolute atomic E-state index is 0.172. The highest BCUT2D eigenvalue weighted by Crippen LogP contribution is 2.12. The first-order chi connectivity index (χ1) is 11.5. The summed E-state index contributed by atoms with van der Waals surface area (Å²) in [6.07, 6.45) is 3.12. The zero-order valence-corrected chi connectivity index (χ0v) is 15.0. The van der Waals surface area contributed by atoms with Crippen LogP contribution in [0.2, 0.25) is 0 Å². The molecule has 2 N–H and O–H groups in total. The van der Waals surface area contributed by atoms with Crippen LogP contribution in [0.4, 0.5) is 10.1 Å². The van der Waals surface area contributed by atoms with Crippen LogP contribution in [0, 0.1) is 5.82 Å². The third-order valence-electron chi connectivity index (χ3n) is 4.00. The Kier molecular flexibility index (Phi) is 7.26. The average molecular weight is 328 g/mol. The summed E-state index contributed by atoms with van der Waals surface area (Å²) in [5, 5.41) is 6.95. The van der Waals surface area contributed by atoms with Gasteiger partial charge in [0.05, 0.1) is 0 Å². The normalized spacial score (nSPS) is 12.4. The molecule has 2 rings (SSSR count). The van der Waals surface area contributed by atoms with Gasteiger partial charge in [0.15, 0.2) is 0 Å². The second-order valence-corrected chi connectivity index (χ2v) is 6.79. The van der Waals surface area contributed by atoms with E-state index in [4.69, 9.17) is 0 Å². The lowest BCUT2D eigenvalue weighted by Crippen LogP contribution is -2.29. The van der Waals surface area contributed by atoms with Crippen LogP contribution < -0.4 is 10.6 Å². The monoisotopic (exact) mass is 328 g/mol. The van der Waals surface area contributed by atoms with Gasteiger partial charge in [-0.1, -0.05) is 24.3 Å². The van der Waals surface area contributed by atoms with Crippen LogP contribution >= 0.6 is 0 Å². The summed E-state index contributed by atoms with van der Waals surface area (Å²) in [4.78, 5) is 0.